The Balaban J connectivity index is 0.00000420. The van der Waals surface area contributed by atoms with E-state index >= 15 is 0 Å². The summed E-state index contributed by atoms with van der Waals surface area (Å²) in [7, 11) is 0. The van der Waals surface area contributed by atoms with Crippen molar-refractivity contribution in [2.45, 2.75) is 58.9 Å². The van der Waals surface area contributed by atoms with E-state index < -0.39 is 0 Å². The molecule has 2 rings (SSSR count). The highest BCUT2D eigenvalue weighted by Gasteiger charge is 2.22. The van der Waals surface area contributed by atoms with Crippen molar-refractivity contribution < 1.29 is 4.79 Å². The van der Waals surface area contributed by atoms with E-state index in [1.807, 2.05) is 32.9 Å². The van der Waals surface area contributed by atoms with Crippen molar-refractivity contribution in [1.82, 2.24) is 10.2 Å². The molecule has 0 spiro atoms. The number of aliphatic imine (C=N–C) groups is 1. The van der Waals surface area contributed by atoms with E-state index in [9.17, 15) is 4.79 Å². The number of hydrogen-bond donors (Lipinski definition) is 3. The van der Waals surface area contributed by atoms with Crippen LogP contribution in [0.25, 0.3) is 0 Å². The van der Waals surface area contributed by atoms with Gasteiger partial charge in [0.05, 0.1) is 6.54 Å². The monoisotopic (exact) mass is 515 g/mol. The molecule has 1 aliphatic rings. The lowest BCUT2D eigenvalue weighted by Gasteiger charge is -2.31. The summed E-state index contributed by atoms with van der Waals surface area (Å²) in [4.78, 5) is 18.8. The molecule has 1 aromatic carbocycles. The molecule has 7 heteroatoms. The molecule has 1 aromatic rings. The number of halogens is 1. The van der Waals surface area contributed by atoms with Gasteiger partial charge in [-0.3, -0.25) is 14.7 Å². The van der Waals surface area contributed by atoms with Crippen LogP contribution in [0.4, 0.5) is 5.69 Å². The van der Waals surface area contributed by atoms with Crippen LogP contribution >= 0.6 is 24.0 Å². The first-order valence-electron chi connectivity index (χ1n) is 10.3. The maximum atomic E-state index is 12.1. The Labute approximate surface area is 193 Å². The van der Waals surface area contributed by atoms with E-state index in [1.54, 1.807) is 0 Å². The first kappa shape index (κ1) is 25.7. The predicted octanol–water partition coefficient (Wildman–Crippen LogP) is 3.78. The Bertz CT molecular complexity index is 676. The van der Waals surface area contributed by atoms with Crippen LogP contribution in [0.2, 0.25) is 0 Å². The summed E-state index contributed by atoms with van der Waals surface area (Å²) in [5.74, 6) is 1.56. The number of hydrogen-bond acceptors (Lipinski definition) is 3. The summed E-state index contributed by atoms with van der Waals surface area (Å²) < 4.78 is 0. The highest BCUT2D eigenvalue weighted by Crippen LogP contribution is 2.19. The van der Waals surface area contributed by atoms with Crippen LogP contribution in [-0.2, 0) is 4.79 Å². The zero-order chi connectivity index (χ0) is 20.7. The predicted molar refractivity (Wildman–Crippen MR) is 133 cm³/mol. The molecule has 29 heavy (non-hydrogen) atoms. The molecule has 1 amide bonds. The minimum absolute atomic E-state index is 0. The van der Waals surface area contributed by atoms with Gasteiger partial charge in [0.2, 0.25) is 5.91 Å². The van der Waals surface area contributed by atoms with Gasteiger partial charge >= 0.3 is 0 Å². The number of rotatable bonds is 6. The third-order valence-corrected chi connectivity index (χ3v) is 4.93. The zero-order valence-corrected chi connectivity index (χ0v) is 20.8. The fourth-order valence-electron chi connectivity index (χ4n) is 3.38. The number of carbonyl (C=O) groups excluding carboxylic acids is 1. The molecule has 0 atom stereocenters. The molecule has 0 saturated carbocycles. The summed E-state index contributed by atoms with van der Waals surface area (Å²) in [6.45, 7) is 13.4. The van der Waals surface area contributed by atoms with Crippen molar-refractivity contribution in [3.8, 4) is 0 Å². The van der Waals surface area contributed by atoms with Gasteiger partial charge in [-0.25, -0.2) is 0 Å². The molecule has 1 heterocycles. The zero-order valence-electron chi connectivity index (χ0n) is 18.5. The van der Waals surface area contributed by atoms with E-state index in [0.29, 0.717) is 24.3 Å². The standard InChI is InChI=1S/C22H37N5O.HI/c1-16(2)18-7-6-8-19(13-18)25-21(23)24-14-17-9-11-27(12-10-17)15-20(28)26-22(3,4)5;/h6-8,13,16-17H,9-12,14-15H2,1-5H3,(H,26,28)(H3,23,24,25);1H. The number of nitrogens with one attached hydrogen (secondary N) is 2. The molecule has 4 N–H and O–H groups in total. The molecular weight excluding hydrogens is 477 g/mol. The first-order chi connectivity index (χ1) is 13.1. The van der Waals surface area contributed by atoms with Gasteiger partial charge in [-0.15, -0.1) is 24.0 Å². The molecule has 0 bridgehead atoms. The Morgan fingerprint density at radius 3 is 2.52 bits per heavy atom. The van der Waals surface area contributed by atoms with Gasteiger partial charge in [0.25, 0.3) is 0 Å². The van der Waals surface area contributed by atoms with Crippen molar-refractivity contribution in [3.63, 3.8) is 0 Å². The molecule has 0 radical (unpaired) electrons. The Kier molecular flexibility index (Phi) is 10.4. The highest BCUT2D eigenvalue weighted by atomic mass is 127. The van der Waals surface area contributed by atoms with Crippen LogP contribution in [0.5, 0.6) is 0 Å². The third kappa shape index (κ3) is 9.80. The lowest BCUT2D eigenvalue weighted by molar-refractivity contribution is -0.124. The van der Waals surface area contributed by atoms with E-state index in [4.69, 9.17) is 5.73 Å². The van der Waals surface area contributed by atoms with Crippen molar-refractivity contribution in [2.75, 3.05) is 31.5 Å². The van der Waals surface area contributed by atoms with Crippen LogP contribution in [-0.4, -0.2) is 48.5 Å². The van der Waals surface area contributed by atoms with Crippen molar-refractivity contribution in [2.24, 2.45) is 16.6 Å². The van der Waals surface area contributed by atoms with Gasteiger partial charge in [-0.2, -0.15) is 0 Å². The molecule has 1 aliphatic heterocycles. The molecule has 1 fully saturated rings. The lowest BCUT2D eigenvalue weighted by Crippen LogP contribution is -2.47. The summed E-state index contributed by atoms with van der Waals surface area (Å²) in [6, 6.07) is 8.29. The second kappa shape index (κ2) is 11.7. The SMILES string of the molecule is CC(C)c1cccc(NC(N)=NCC2CCN(CC(=O)NC(C)(C)C)CC2)c1.I. The molecule has 164 valence electrons. The van der Waals surface area contributed by atoms with Crippen LogP contribution in [0.1, 0.15) is 58.9 Å². The minimum Gasteiger partial charge on any atom is -0.370 e. The Morgan fingerprint density at radius 1 is 1.28 bits per heavy atom. The summed E-state index contributed by atoms with van der Waals surface area (Å²) in [5, 5.41) is 6.22. The smallest absolute Gasteiger partial charge is 0.234 e. The van der Waals surface area contributed by atoms with E-state index in [1.165, 1.54) is 5.56 Å². The number of piperidine rings is 1. The first-order valence-corrected chi connectivity index (χ1v) is 10.3. The summed E-state index contributed by atoms with van der Waals surface area (Å²) >= 11 is 0. The fraction of sp³-hybridized carbons (Fsp3) is 0.636. The third-order valence-electron chi connectivity index (χ3n) is 4.93. The molecule has 0 aromatic heterocycles. The number of amides is 1. The maximum Gasteiger partial charge on any atom is 0.234 e. The van der Waals surface area contributed by atoms with Crippen LogP contribution in [0, 0.1) is 5.92 Å². The van der Waals surface area contributed by atoms with Crippen LogP contribution < -0.4 is 16.4 Å². The van der Waals surface area contributed by atoms with Gasteiger partial charge in [-0.1, -0.05) is 26.0 Å². The second-order valence-electron chi connectivity index (χ2n) is 9.15. The topological polar surface area (TPSA) is 82.8 Å². The van der Waals surface area contributed by atoms with Gasteiger partial charge in [0, 0.05) is 17.8 Å². The van der Waals surface area contributed by atoms with Gasteiger partial charge in [-0.05, 0) is 76.2 Å². The number of anilines is 1. The molecule has 0 unspecified atom stereocenters. The highest BCUT2D eigenvalue weighted by molar-refractivity contribution is 14.0. The number of likely N-dealkylation sites (tertiary alicyclic amines) is 1. The van der Waals surface area contributed by atoms with Crippen molar-refractivity contribution in [1.29, 1.82) is 0 Å². The van der Waals surface area contributed by atoms with Gasteiger partial charge in [0.15, 0.2) is 5.96 Å². The molecular formula is C22H38IN5O. The number of nitrogens with zero attached hydrogens (tertiary/aromatic N) is 2. The average Bonchev–Trinajstić information content (AvgIpc) is 2.59. The number of benzene rings is 1. The van der Waals surface area contributed by atoms with E-state index in [-0.39, 0.29) is 35.4 Å². The lowest BCUT2D eigenvalue weighted by atomic mass is 9.97. The maximum absolute atomic E-state index is 12.1. The average molecular weight is 515 g/mol. The fourth-order valence-corrected chi connectivity index (χ4v) is 3.38. The molecule has 6 nitrogen and oxygen atoms in total. The normalized spacial score (nSPS) is 16.4. The number of nitrogens with two attached hydrogens (primary N) is 1. The number of guanidine groups is 1. The largest absolute Gasteiger partial charge is 0.370 e. The van der Waals surface area contributed by atoms with Crippen LogP contribution in [0.15, 0.2) is 29.3 Å². The molecule has 0 aliphatic carbocycles. The number of carbonyl (C=O) groups is 1. The van der Waals surface area contributed by atoms with E-state index in [2.05, 4.69) is 46.5 Å². The summed E-state index contributed by atoms with van der Waals surface area (Å²) in [5.41, 5.74) is 8.16. The van der Waals surface area contributed by atoms with E-state index in [0.717, 1.165) is 38.2 Å². The Hall–Kier alpha value is -1.35. The van der Waals surface area contributed by atoms with Gasteiger partial charge in [0.1, 0.15) is 0 Å². The van der Waals surface area contributed by atoms with Crippen molar-refractivity contribution in [3.05, 3.63) is 29.8 Å². The molecule has 1 saturated heterocycles. The van der Waals surface area contributed by atoms with Crippen LogP contribution in [0.3, 0.4) is 0 Å². The Morgan fingerprint density at radius 2 is 1.93 bits per heavy atom. The van der Waals surface area contributed by atoms with Gasteiger partial charge < -0.3 is 16.4 Å². The second-order valence-corrected chi connectivity index (χ2v) is 9.15. The van der Waals surface area contributed by atoms with Crippen molar-refractivity contribution >= 4 is 41.5 Å². The minimum atomic E-state index is -0.177. The quantitative estimate of drug-likeness (QED) is 0.306. The summed E-state index contributed by atoms with van der Waals surface area (Å²) in [6.07, 6.45) is 2.09.